The molecule has 8 heteroatoms. The van der Waals surface area contributed by atoms with Gasteiger partial charge in [0.25, 0.3) is 11.6 Å². The molecule has 128 valence electrons. The zero-order chi connectivity index (χ0) is 18.1. The van der Waals surface area contributed by atoms with Gasteiger partial charge in [0, 0.05) is 33.8 Å². The molecule has 0 fully saturated rings. The van der Waals surface area contributed by atoms with Crippen molar-refractivity contribution in [2.24, 2.45) is 0 Å². The van der Waals surface area contributed by atoms with Crippen LogP contribution in [0.3, 0.4) is 0 Å². The number of hydrogen-bond donors (Lipinski definition) is 1. The van der Waals surface area contributed by atoms with Gasteiger partial charge < -0.3 is 5.32 Å². The number of benzene rings is 2. The van der Waals surface area contributed by atoms with E-state index in [4.69, 9.17) is 0 Å². The zero-order valence-electron chi connectivity index (χ0n) is 13.0. The fourth-order valence-electron chi connectivity index (χ4n) is 2.45. The van der Waals surface area contributed by atoms with E-state index in [0.29, 0.717) is 10.3 Å². The van der Waals surface area contributed by atoms with Crippen LogP contribution in [0.5, 0.6) is 0 Å². The van der Waals surface area contributed by atoms with E-state index >= 15 is 0 Å². The third-order valence-electron chi connectivity index (χ3n) is 3.71. The topological polar surface area (TPSA) is 72.2 Å². The summed E-state index contributed by atoms with van der Waals surface area (Å²) in [7, 11) is 0. The van der Waals surface area contributed by atoms with Gasteiger partial charge in [0.2, 0.25) is 0 Å². The van der Waals surface area contributed by atoms with Gasteiger partial charge in [-0.25, -0.2) is 8.78 Å². The summed E-state index contributed by atoms with van der Waals surface area (Å²) < 4.78 is 27.5. The Morgan fingerprint density at radius 3 is 2.64 bits per heavy atom. The molecule has 2 aromatic carbocycles. The second-order valence-electron chi connectivity index (χ2n) is 5.45. The maximum absolute atomic E-state index is 13.8. The first-order valence-electron chi connectivity index (χ1n) is 7.29. The summed E-state index contributed by atoms with van der Waals surface area (Å²) in [5.41, 5.74) is 0.116. The van der Waals surface area contributed by atoms with Gasteiger partial charge in [-0.05, 0) is 25.1 Å². The lowest BCUT2D eigenvalue weighted by Crippen LogP contribution is -2.26. The molecule has 1 heterocycles. The van der Waals surface area contributed by atoms with Gasteiger partial charge in [0.1, 0.15) is 11.6 Å². The van der Waals surface area contributed by atoms with Crippen molar-refractivity contribution < 1.29 is 18.5 Å². The van der Waals surface area contributed by atoms with Crippen molar-refractivity contribution in [2.45, 2.75) is 13.0 Å². The summed E-state index contributed by atoms with van der Waals surface area (Å²) in [6, 6.07) is 8.41. The number of nitrogens with zero attached hydrogens (tertiary/aromatic N) is 1. The van der Waals surface area contributed by atoms with Gasteiger partial charge in [-0.15, -0.1) is 11.3 Å². The molecule has 0 saturated heterocycles. The maximum Gasteiger partial charge on any atom is 0.270 e. The largest absolute Gasteiger partial charge is 0.345 e. The number of thiophene rings is 1. The number of non-ortho nitro benzene ring substituents is 1. The number of carbonyl (C=O) groups excluding carboxylic acids is 1. The average Bonchev–Trinajstić information content (AvgIpc) is 2.97. The summed E-state index contributed by atoms with van der Waals surface area (Å²) in [5.74, 6) is -1.86. The number of halogens is 2. The van der Waals surface area contributed by atoms with Crippen molar-refractivity contribution in [3.05, 3.63) is 74.7 Å². The Morgan fingerprint density at radius 1 is 1.20 bits per heavy atom. The lowest BCUT2D eigenvalue weighted by molar-refractivity contribution is -0.384. The van der Waals surface area contributed by atoms with E-state index in [1.165, 1.54) is 29.5 Å². The number of fused-ring (bicyclic) bond motifs is 1. The van der Waals surface area contributed by atoms with E-state index in [9.17, 15) is 23.7 Å². The second kappa shape index (κ2) is 6.56. The van der Waals surface area contributed by atoms with Crippen molar-refractivity contribution in [1.29, 1.82) is 0 Å². The molecule has 1 atom stereocenters. The molecular weight excluding hydrogens is 350 g/mol. The van der Waals surface area contributed by atoms with Gasteiger partial charge >= 0.3 is 0 Å². The molecule has 0 bridgehead atoms. The van der Waals surface area contributed by atoms with Crippen LogP contribution in [0.25, 0.3) is 10.1 Å². The van der Waals surface area contributed by atoms with E-state index in [0.717, 1.165) is 16.8 Å². The Kier molecular flexibility index (Phi) is 4.45. The summed E-state index contributed by atoms with van der Waals surface area (Å²) in [6.45, 7) is 1.59. The van der Waals surface area contributed by atoms with E-state index in [1.807, 2.05) is 0 Å². The molecule has 0 spiro atoms. The Morgan fingerprint density at radius 2 is 1.96 bits per heavy atom. The van der Waals surface area contributed by atoms with Crippen molar-refractivity contribution >= 4 is 33.0 Å². The van der Waals surface area contributed by atoms with Crippen LogP contribution in [0.15, 0.2) is 42.5 Å². The number of hydrogen-bond acceptors (Lipinski definition) is 4. The van der Waals surface area contributed by atoms with Crippen LogP contribution >= 0.6 is 11.3 Å². The molecule has 0 unspecified atom stereocenters. The van der Waals surface area contributed by atoms with Crippen LogP contribution in [0, 0.1) is 21.7 Å². The van der Waals surface area contributed by atoms with E-state index in [1.54, 1.807) is 19.1 Å². The quantitative estimate of drug-likeness (QED) is 0.545. The highest BCUT2D eigenvalue weighted by Gasteiger charge is 2.18. The van der Waals surface area contributed by atoms with Crippen LogP contribution < -0.4 is 5.32 Å². The molecule has 0 radical (unpaired) electrons. The number of nitro benzene ring substituents is 1. The SMILES string of the molecule is C[C@@H](NC(=O)c1cc2cc([N+](=O)[O-])ccc2s1)c1ccc(F)cc1F. The minimum Gasteiger partial charge on any atom is -0.345 e. The van der Waals surface area contributed by atoms with Crippen molar-refractivity contribution in [3.63, 3.8) is 0 Å². The number of nitrogens with one attached hydrogen (secondary N) is 1. The van der Waals surface area contributed by atoms with Crippen molar-refractivity contribution in [3.8, 4) is 0 Å². The highest BCUT2D eigenvalue weighted by Crippen LogP contribution is 2.29. The Bertz CT molecular complexity index is 987. The monoisotopic (exact) mass is 362 g/mol. The molecule has 3 aromatic rings. The minimum absolute atomic E-state index is 0.0565. The molecule has 1 amide bonds. The third-order valence-corrected chi connectivity index (χ3v) is 4.83. The molecule has 0 aliphatic heterocycles. The van der Waals surface area contributed by atoms with E-state index in [-0.39, 0.29) is 11.3 Å². The molecule has 0 saturated carbocycles. The predicted molar refractivity (Wildman–Crippen MR) is 90.7 cm³/mol. The number of carbonyl (C=O) groups is 1. The summed E-state index contributed by atoms with van der Waals surface area (Å²) >= 11 is 1.18. The number of rotatable bonds is 4. The van der Waals surface area contributed by atoms with Gasteiger partial charge in [-0.2, -0.15) is 0 Å². The first-order chi connectivity index (χ1) is 11.8. The average molecular weight is 362 g/mol. The number of amides is 1. The maximum atomic E-state index is 13.8. The lowest BCUT2D eigenvalue weighted by atomic mass is 10.1. The third kappa shape index (κ3) is 3.48. The van der Waals surface area contributed by atoms with E-state index in [2.05, 4.69) is 5.32 Å². The molecule has 0 aliphatic carbocycles. The standard InChI is InChI=1S/C17H12F2N2O3S/c1-9(13-4-2-11(18)8-14(13)19)20-17(22)16-7-10-6-12(21(23)24)3-5-15(10)25-16/h2-9H,1H3,(H,20,22)/t9-/m1/s1. The van der Waals surface area contributed by atoms with Crippen LogP contribution in [-0.2, 0) is 0 Å². The molecule has 1 aromatic heterocycles. The van der Waals surface area contributed by atoms with Gasteiger partial charge in [-0.1, -0.05) is 6.07 Å². The minimum atomic E-state index is -0.736. The molecule has 1 N–H and O–H groups in total. The molecular formula is C17H12F2N2O3S. The smallest absolute Gasteiger partial charge is 0.270 e. The van der Waals surface area contributed by atoms with Gasteiger partial charge in [0.15, 0.2) is 0 Å². The highest BCUT2D eigenvalue weighted by atomic mass is 32.1. The predicted octanol–water partition coefficient (Wildman–Crippen LogP) is 4.58. The zero-order valence-corrected chi connectivity index (χ0v) is 13.8. The first kappa shape index (κ1) is 17.0. The second-order valence-corrected chi connectivity index (χ2v) is 6.53. The number of nitro groups is 1. The first-order valence-corrected chi connectivity index (χ1v) is 8.10. The molecule has 0 aliphatic rings. The Balaban J connectivity index is 1.83. The van der Waals surface area contributed by atoms with E-state index < -0.39 is 28.5 Å². The summed E-state index contributed by atoms with van der Waals surface area (Å²) in [6.07, 6.45) is 0. The fourth-order valence-corrected chi connectivity index (χ4v) is 3.40. The molecule has 3 rings (SSSR count). The molecule has 5 nitrogen and oxygen atoms in total. The highest BCUT2D eigenvalue weighted by molar-refractivity contribution is 7.20. The van der Waals surface area contributed by atoms with Gasteiger partial charge in [-0.3, -0.25) is 14.9 Å². The van der Waals surface area contributed by atoms with Crippen molar-refractivity contribution in [2.75, 3.05) is 0 Å². The van der Waals surface area contributed by atoms with Crippen LogP contribution in [0.2, 0.25) is 0 Å². The Labute approximate surface area is 145 Å². The van der Waals surface area contributed by atoms with Crippen molar-refractivity contribution in [1.82, 2.24) is 5.32 Å². The molecule has 25 heavy (non-hydrogen) atoms. The van der Waals surface area contributed by atoms with Crippen LogP contribution in [-0.4, -0.2) is 10.8 Å². The summed E-state index contributed by atoms with van der Waals surface area (Å²) in [4.78, 5) is 23.0. The van der Waals surface area contributed by atoms with Crippen LogP contribution in [0.1, 0.15) is 28.2 Å². The lowest BCUT2D eigenvalue weighted by Gasteiger charge is -2.14. The normalized spacial score (nSPS) is 12.1. The summed E-state index contributed by atoms with van der Waals surface area (Å²) in [5, 5.41) is 14.0. The van der Waals surface area contributed by atoms with Crippen LogP contribution in [0.4, 0.5) is 14.5 Å². The van der Waals surface area contributed by atoms with Gasteiger partial charge in [0.05, 0.1) is 15.8 Å². The Hall–Kier alpha value is -2.87. The fraction of sp³-hybridized carbons (Fsp3) is 0.118.